The molecule has 0 radical (unpaired) electrons. The molecule has 0 bridgehead atoms. The van der Waals surface area contributed by atoms with E-state index in [1.54, 1.807) is 4.57 Å². The van der Waals surface area contributed by atoms with Gasteiger partial charge in [-0.05, 0) is 12.1 Å². The number of fused-ring (bicyclic) bond motifs is 3. The summed E-state index contributed by atoms with van der Waals surface area (Å²) in [6.07, 6.45) is 0.632. The predicted octanol–water partition coefficient (Wildman–Crippen LogP) is 0.495. The summed E-state index contributed by atoms with van der Waals surface area (Å²) in [5.41, 5.74) is 0.534. The van der Waals surface area contributed by atoms with Crippen LogP contribution in [0.25, 0.3) is 5.69 Å². The Balaban J connectivity index is 2.35. The van der Waals surface area contributed by atoms with Crippen molar-refractivity contribution in [2.75, 3.05) is 6.61 Å². The first kappa shape index (κ1) is 8.28. The van der Waals surface area contributed by atoms with Crippen molar-refractivity contribution in [1.82, 2.24) is 14.8 Å². The molecule has 0 saturated heterocycles. The molecule has 2 heterocycles. The highest BCUT2D eigenvalue weighted by molar-refractivity contribution is 5.47. The fourth-order valence-electron chi connectivity index (χ4n) is 1.76. The average molecular weight is 203 g/mol. The molecule has 0 unspecified atom stereocenters. The molecular weight excluding hydrogens is 194 g/mol. The van der Waals surface area contributed by atoms with E-state index in [2.05, 4.69) is 10.2 Å². The van der Waals surface area contributed by atoms with Gasteiger partial charge < -0.3 is 4.74 Å². The zero-order valence-corrected chi connectivity index (χ0v) is 7.93. The molecule has 1 aromatic carbocycles. The Morgan fingerprint density at radius 2 is 2.27 bits per heavy atom. The van der Waals surface area contributed by atoms with Gasteiger partial charge in [-0.3, -0.25) is 0 Å². The number of para-hydroxylation sites is 2. The van der Waals surface area contributed by atoms with Crippen LogP contribution in [0.4, 0.5) is 0 Å². The van der Waals surface area contributed by atoms with Gasteiger partial charge in [-0.15, -0.1) is 0 Å². The number of nitrogens with zero attached hydrogens (tertiary/aromatic N) is 2. The topological polar surface area (TPSA) is 59.9 Å². The number of nitrogens with one attached hydrogen (secondary N) is 1. The van der Waals surface area contributed by atoms with Gasteiger partial charge in [0.1, 0.15) is 11.6 Å². The van der Waals surface area contributed by atoms with Crippen LogP contribution >= 0.6 is 0 Å². The maximum atomic E-state index is 11.6. The number of hydrogen-bond acceptors (Lipinski definition) is 3. The van der Waals surface area contributed by atoms with Gasteiger partial charge in [0.05, 0.1) is 12.3 Å². The van der Waals surface area contributed by atoms with Crippen LogP contribution in [0.3, 0.4) is 0 Å². The highest BCUT2D eigenvalue weighted by Gasteiger charge is 2.17. The Morgan fingerprint density at radius 1 is 1.40 bits per heavy atom. The van der Waals surface area contributed by atoms with Crippen LogP contribution in [0.5, 0.6) is 5.75 Å². The minimum absolute atomic E-state index is 0.219. The van der Waals surface area contributed by atoms with Crippen molar-refractivity contribution in [2.45, 2.75) is 6.42 Å². The second-order valence-electron chi connectivity index (χ2n) is 3.35. The number of ether oxygens (including phenoxy) is 1. The molecule has 0 atom stereocenters. The Morgan fingerprint density at radius 3 is 3.20 bits per heavy atom. The molecule has 5 heteroatoms. The Kier molecular flexibility index (Phi) is 1.65. The van der Waals surface area contributed by atoms with E-state index in [0.717, 1.165) is 11.4 Å². The molecule has 15 heavy (non-hydrogen) atoms. The number of aromatic nitrogens is 3. The van der Waals surface area contributed by atoms with E-state index in [1.807, 2.05) is 24.3 Å². The molecule has 1 N–H and O–H groups in total. The van der Waals surface area contributed by atoms with Crippen molar-refractivity contribution in [1.29, 1.82) is 0 Å². The molecule has 0 aliphatic carbocycles. The first-order valence-corrected chi connectivity index (χ1v) is 4.75. The summed E-state index contributed by atoms with van der Waals surface area (Å²) in [7, 11) is 0. The third kappa shape index (κ3) is 1.16. The minimum atomic E-state index is -0.219. The van der Waals surface area contributed by atoms with Crippen LogP contribution in [0.2, 0.25) is 0 Å². The molecule has 1 aliphatic heterocycles. The van der Waals surface area contributed by atoms with E-state index in [1.165, 1.54) is 0 Å². The number of rotatable bonds is 0. The number of hydrogen-bond donors (Lipinski definition) is 1. The molecule has 0 saturated carbocycles. The molecule has 1 aromatic heterocycles. The van der Waals surface area contributed by atoms with E-state index in [0.29, 0.717) is 18.9 Å². The summed E-state index contributed by atoms with van der Waals surface area (Å²) in [4.78, 5) is 11.6. The van der Waals surface area contributed by atoms with E-state index < -0.39 is 0 Å². The third-order valence-electron chi connectivity index (χ3n) is 2.43. The molecule has 3 rings (SSSR count). The lowest BCUT2D eigenvalue weighted by atomic mass is 10.3. The van der Waals surface area contributed by atoms with E-state index >= 15 is 0 Å². The number of aromatic amines is 1. The van der Waals surface area contributed by atoms with E-state index in [4.69, 9.17) is 4.74 Å². The number of benzene rings is 1. The second-order valence-corrected chi connectivity index (χ2v) is 3.35. The first-order chi connectivity index (χ1) is 7.36. The van der Waals surface area contributed by atoms with Crippen LogP contribution in [0, 0.1) is 0 Å². The fourth-order valence-corrected chi connectivity index (χ4v) is 1.76. The third-order valence-corrected chi connectivity index (χ3v) is 2.43. The molecule has 0 spiro atoms. The van der Waals surface area contributed by atoms with Crippen molar-refractivity contribution < 1.29 is 4.74 Å². The quantitative estimate of drug-likeness (QED) is 0.678. The van der Waals surface area contributed by atoms with Crippen LogP contribution in [0.15, 0.2) is 29.1 Å². The lowest BCUT2D eigenvalue weighted by molar-refractivity contribution is 0.325. The van der Waals surface area contributed by atoms with Crippen molar-refractivity contribution in [3.05, 3.63) is 40.6 Å². The summed E-state index contributed by atoms with van der Waals surface area (Å²) in [6.45, 7) is 0.543. The summed E-state index contributed by atoms with van der Waals surface area (Å²) < 4.78 is 7.09. The van der Waals surface area contributed by atoms with Crippen molar-refractivity contribution >= 4 is 0 Å². The summed E-state index contributed by atoms with van der Waals surface area (Å²) in [6, 6.07) is 7.45. The van der Waals surface area contributed by atoms with Gasteiger partial charge in [-0.2, -0.15) is 5.10 Å². The summed E-state index contributed by atoms with van der Waals surface area (Å²) >= 11 is 0. The highest BCUT2D eigenvalue weighted by atomic mass is 16.5. The fraction of sp³-hybridized carbons (Fsp3) is 0.200. The molecule has 5 nitrogen and oxygen atoms in total. The summed E-state index contributed by atoms with van der Waals surface area (Å²) in [5.74, 6) is 1.43. The maximum absolute atomic E-state index is 11.6. The Hall–Kier alpha value is -2.04. The van der Waals surface area contributed by atoms with Gasteiger partial charge >= 0.3 is 5.69 Å². The molecule has 2 aromatic rings. The molecule has 1 aliphatic rings. The van der Waals surface area contributed by atoms with Gasteiger partial charge in [0, 0.05) is 6.42 Å². The Labute approximate surface area is 85.3 Å². The SMILES string of the molecule is O=c1[nH]nc2n1-c1ccccc1OCC2. The van der Waals surface area contributed by atoms with Gasteiger partial charge in [0.2, 0.25) is 0 Å². The monoisotopic (exact) mass is 203 g/mol. The van der Waals surface area contributed by atoms with Gasteiger partial charge in [0.15, 0.2) is 0 Å². The van der Waals surface area contributed by atoms with Crippen LogP contribution in [-0.2, 0) is 6.42 Å². The lowest BCUT2D eigenvalue weighted by Crippen LogP contribution is -2.16. The predicted molar refractivity (Wildman–Crippen MR) is 53.4 cm³/mol. The van der Waals surface area contributed by atoms with Gasteiger partial charge in [-0.25, -0.2) is 14.5 Å². The molecule has 0 fully saturated rings. The minimum Gasteiger partial charge on any atom is -0.491 e. The van der Waals surface area contributed by atoms with Crippen molar-refractivity contribution in [2.24, 2.45) is 0 Å². The normalized spacial score (nSPS) is 13.6. The highest BCUT2D eigenvalue weighted by Crippen LogP contribution is 2.24. The summed E-state index contributed by atoms with van der Waals surface area (Å²) in [5, 5.41) is 6.41. The molecular formula is C10H9N3O2. The van der Waals surface area contributed by atoms with Crippen molar-refractivity contribution in [3.63, 3.8) is 0 Å². The molecule has 76 valence electrons. The number of H-pyrrole nitrogens is 1. The van der Waals surface area contributed by atoms with Gasteiger partial charge in [-0.1, -0.05) is 12.1 Å². The van der Waals surface area contributed by atoms with Gasteiger partial charge in [0.25, 0.3) is 0 Å². The molecule has 0 amide bonds. The van der Waals surface area contributed by atoms with Crippen molar-refractivity contribution in [3.8, 4) is 11.4 Å². The van der Waals surface area contributed by atoms with Crippen LogP contribution in [-0.4, -0.2) is 21.4 Å². The Bertz CT molecular complexity index is 556. The van der Waals surface area contributed by atoms with E-state index in [9.17, 15) is 4.79 Å². The maximum Gasteiger partial charge on any atom is 0.348 e. The zero-order valence-electron chi connectivity index (χ0n) is 7.93. The largest absolute Gasteiger partial charge is 0.491 e. The van der Waals surface area contributed by atoms with E-state index in [-0.39, 0.29) is 5.69 Å². The first-order valence-electron chi connectivity index (χ1n) is 4.75. The van der Waals surface area contributed by atoms with Crippen LogP contribution in [0.1, 0.15) is 5.82 Å². The standard InChI is InChI=1S/C10H9N3O2/c14-10-12-11-9-5-6-15-8-4-2-1-3-7(8)13(9)10/h1-4H,5-6H2,(H,12,14). The lowest BCUT2D eigenvalue weighted by Gasteiger charge is -2.06. The smallest absolute Gasteiger partial charge is 0.348 e. The van der Waals surface area contributed by atoms with Crippen LogP contribution < -0.4 is 10.4 Å². The second kappa shape index (κ2) is 2.98. The average Bonchev–Trinajstić information content (AvgIpc) is 2.52. The zero-order chi connectivity index (χ0) is 10.3.